The van der Waals surface area contributed by atoms with Crippen LogP contribution < -0.4 is 15.5 Å². The summed E-state index contributed by atoms with van der Waals surface area (Å²) < 4.78 is 55.1. The van der Waals surface area contributed by atoms with Crippen LogP contribution in [-0.4, -0.2) is 46.1 Å². The molecule has 2 fully saturated rings. The first-order chi connectivity index (χ1) is 19.2. The number of benzene rings is 2. The lowest BCUT2D eigenvalue weighted by Crippen LogP contribution is -2.50. The number of carbonyl (C=O) groups excluding carboxylic acids is 2. The van der Waals surface area contributed by atoms with Gasteiger partial charge in [0.1, 0.15) is 35.2 Å². The third-order valence-corrected chi connectivity index (χ3v) is 8.00. The monoisotopic (exact) mass is 553 g/mol. The first kappa shape index (κ1) is 26.1. The van der Waals surface area contributed by atoms with Gasteiger partial charge in [0.2, 0.25) is 5.43 Å². The molecule has 208 valence electrons. The Morgan fingerprint density at radius 3 is 2.52 bits per heavy atom. The predicted molar refractivity (Wildman–Crippen MR) is 136 cm³/mol. The number of fused-ring (bicyclic) bond motifs is 5. The van der Waals surface area contributed by atoms with Crippen molar-refractivity contribution in [2.45, 2.75) is 50.6 Å². The molecule has 2 bridgehead atoms. The summed E-state index contributed by atoms with van der Waals surface area (Å²) in [7, 11) is 0. The highest BCUT2D eigenvalue weighted by atomic mass is 19.1. The Morgan fingerprint density at radius 1 is 1.15 bits per heavy atom. The molecule has 8 nitrogen and oxygen atoms in total. The molecular formula is C29H26F3N3O5. The Bertz CT molecular complexity index is 1550. The SMILES string of the molecule is CC1CCC2(CO2)C2CN1C(=O)c1c(OCc3ccccc3)c(=O)c(C(=O)NCc3c(F)cc(F)cc3F)cn12. The van der Waals surface area contributed by atoms with Crippen LogP contribution in [0.4, 0.5) is 13.2 Å². The Balaban J connectivity index is 1.42. The van der Waals surface area contributed by atoms with Crippen molar-refractivity contribution in [1.29, 1.82) is 0 Å². The van der Waals surface area contributed by atoms with Crippen molar-refractivity contribution in [2.75, 3.05) is 13.2 Å². The average Bonchev–Trinajstić information content (AvgIpc) is 3.73. The van der Waals surface area contributed by atoms with E-state index in [1.807, 2.05) is 13.0 Å². The summed E-state index contributed by atoms with van der Waals surface area (Å²) in [6.45, 7) is 2.10. The van der Waals surface area contributed by atoms with Gasteiger partial charge >= 0.3 is 0 Å². The summed E-state index contributed by atoms with van der Waals surface area (Å²) in [5.74, 6) is -5.01. The second kappa shape index (κ2) is 9.81. The number of carbonyl (C=O) groups is 2. The minimum atomic E-state index is -1.17. The van der Waals surface area contributed by atoms with Gasteiger partial charge in [-0.05, 0) is 25.3 Å². The van der Waals surface area contributed by atoms with Gasteiger partial charge in [-0.3, -0.25) is 14.4 Å². The van der Waals surface area contributed by atoms with Crippen LogP contribution >= 0.6 is 0 Å². The highest BCUT2D eigenvalue weighted by molar-refractivity contribution is 5.99. The maximum atomic E-state index is 14.2. The minimum Gasteiger partial charge on any atom is -0.483 e. The summed E-state index contributed by atoms with van der Waals surface area (Å²) in [5.41, 5.74) is -1.50. The molecule has 40 heavy (non-hydrogen) atoms. The van der Waals surface area contributed by atoms with Crippen LogP contribution in [0, 0.1) is 17.5 Å². The van der Waals surface area contributed by atoms with E-state index < -0.39 is 46.5 Å². The third-order valence-electron chi connectivity index (χ3n) is 8.00. The molecule has 6 rings (SSSR count). The average molecular weight is 554 g/mol. The molecule has 1 spiro atoms. The number of nitrogens with one attached hydrogen (secondary N) is 1. The lowest BCUT2D eigenvalue weighted by molar-refractivity contribution is 0.0570. The van der Waals surface area contributed by atoms with Crippen LogP contribution in [0.2, 0.25) is 0 Å². The highest BCUT2D eigenvalue weighted by Gasteiger charge is 2.57. The van der Waals surface area contributed by atoms with E-state index >= 15 is 0 Å². The molecule has 3 aliphatic heterocycles. The van der Waals surface area contributed by atoms with Crippen molar-refractivity contribution >= 4 is 11.8 Å². The lowest BCUT2D eigenvalue weighted by Gasteiger charge is -2.38. The minimum absolute atomic E-state index is 0.0324. The van der Waals surface area contributed by atoms with E-state index in [-0.39, 0.29) is 41.6 Å². The van der Waals surface area contributed by atoms with Crippen molar-refractivity contribution in [2.24, 2.45) is 0 Å². The summed E-state index contributed by atoms with van der Waals surface area (Å²) in [6, 6.07) is 9.59. The van der Waals surface area contributed by atoms with Gasteiger partial charge in [0, 0.05) is 43.0 Å². The van der Waals surface area contributed by atoms with E-state index in [0.29, 0.717) is 38.1 Å². The van der Waals surface area contributed by atoms with Gasteiger partial charge in [0.15, 0.2) is 11.4 Å². The number of pyridine rings is 1. The molecule has 4 heterocycles. The number of halogens is 3. The van der Waals surface area contributed by atoms with Gasteiger partial charge in [-0.1, -0.05) is 30.3 Å². The van der Waals surface area contributed by atoms with Gasteiger partial charge in [-0.2, -0.15) is 0 Å². The predicted octanol–water partition coefficient (Wildman–Crippen LogP) is 3.72. The molecule has 3 atom stereocenters. The largest absolute Gasteiger partial charge is 0.483 e. The Morgan fingerprint density at radius 2 is 1.85 bits per heavy atom. The number of epoxide rings is 1. The zero-order chi connectivity index (χ0) is 28.2. The van der Waals surface area contributed by atoms with E-state index in [0.717, 1.165) is 5.56 Å². The molecule has 0 saturated carbocycles. The number of amides is 2. The number of aromatic nitrogens is 1. The van der Waals surface area contributed by atoms with Crippen LogP contribution in [0.3, 0.4) is 0 Å². The smallest absolute Gasteiger partial charge is 0.274 e. The highest BCUT2D eigenvalue weighted by Crippen LogP contribution is 2.49. The topological polar surface area (TPSA) is 93.2 Å². The van der Waals surface area contributed by atoms with Crippen molar-refractivity contribution in [1.82, 2.24) is 14.8 Å². The molecule has 0 aliphatic carbocycles. The van der Waals surface area contributed by atoms with Crippen LogP contribution in [0.1, 0.15) is 57.8 Å². The molecule has 11 heteroatoms. The van der Waals surface area contributed by atoms with Gasteiger partial charge in [-0.15, -0.1) is 0 Å². The second-order valence-corrected chi connectivity index (χ2v) is 10.5. The van der Waals surface area contributed by atoms with Gasteiger partial charge in [0.25, 0.3) is 11.8 Å². The van der Waals surface area contributed by atoms with Crippen molar-refractivity contribution < 1.29 is 32.2 Å². The fraction of sp³-hybridized carbons (Fsp3) is 0.345. The first-order valence-electron chi connectivity index (χ1n) is 13.0. The van der Waals surface area contributed by atoms with E-state index in [4.69, 9.17) is 9.47 Å². The maximum Gasteiger partial charge on any atom is 0.274 e. The van der Waals surface area contributed by atoms with Crippen molar-refractivity contribution in [3.8, 4) is 5.75 Å². The number of rotatable bonds is 6. The Kier molecular flexibility index (Phi) is 6.41. The van der Waals surface area contributed by atoms with Crippen molar-refractivity contribution in [3.05, 3.63) is 98.7 Å². The molecule has 3 aliphatic rings. The molecule has 1 aromatic heterocycles. The zero-order valence-corrected chi connectivity index (χ0v) is 21.6. The first-order valence-corrected chi connectivity index (χ1v) is 13.0. The van der Waals surface area contributed by atoms with E-state index in [9.17, 15) is 27.6 Å². The Labute approximate surface area is 227 Å². The van der Waals surface area contributed by atoms with Crippen LogP contribution in [0.25, 0.3) is 0 Å². The second-order valence-electron chi connectivity index (χ2n) is 10.5. The van der Waals surface area contributed by atoms with E-state index in [1.165, 1.54) is 6.20 Å². The number of hydrogen-bond donors (Lipinski definition) is 1. The fourth-order valence-electron chi connectivity index (χ4n) is 5.59. The zero-order valence-electron chi connectivity index (χ0n) is 21.6. The summed E-state index contributed by atoms with van der Waals surface area (Å²) in [5, 5.41) is 2.35. The molecule has 3 unspecified atom stereocenters. The van der Waals surface area contributed by atoms with Crippen LogP contribution in [0.5, 0.6) is 5.75 Å². The van der Waals surface area contributed by atoms with Gasteiger partial charge < -0.3 is 24.3 Å². The number of nitrogens with zero attached hydrogens (tertiary/aromatic N) is 2. The fourth-order valence-corrected chi connectivity index (χ4v) is 5.59. The summed E-state index contributed by atoms with van der Waals surface area (Å²) in [4.78, 5) is 42.4. The molecule has 2 aromatic carbocycles. The quantitative estimate of drug-likeness (QED) is 0.470. The number of ether oxygens (including phenoxy) is 2. The van der Waals surface area contributed by atoms with Gasteiger partial charge in [-0.25, -0.2) is 13.2 Å². The van der Waals surface area contributed by atoms with Gasteiger partial charge in [0.05, 0.1) is 12.6 Å². The number of hydrogen-bond acceptors (Lipinski definition) is 5. The lowest BCUT2D eigenvalue weighted by atomic mass is 9.94. The molecule has 0 radical (unpaired) electrons. The van der Waals surface area contributed by atoms with E-state index in [2.05, 4.69) is 5.32 Å². The molecular weight excluding hydrogens is 527 g/mol. The maximum absolute atomic E-state index is 14.2. The summed E-state index contributed by atoms with van der Waals surface area (Å²) in [6.07, 6.45) is 2.71. The third kappa shape index (κ3) is 4.43. The molecule has 3 aromatic rings. The molecule has 2 amide bonds. The standard InChI is InChI=1S/C29H26F3N3O5/c1-16-7-8-29(15-40-29)23-13-34(16)28(38)24-26(39-14-17-5-3-2-4-6-17)25(36)20(12-35(23)24)27(37)33-11-19-21(31)9-18(30)10-22(19)32/h2-6,9-10,12,16,23H,7-8,11,13-15H2,1H3,(H,33,37). The van der Waals surface area contributed by atoms with E-state index in [1.54, 1.807) is 33.7 Å². The normalized spacial score (nSPS) is 23.0. The van der Waals surface area contributed by atoms with Crippen molar-refractivity contribution in [3.63, 3.8) is 0 Å². The molecule has 2 saturated heterocycles. The Hall–Kier alpha value is -4.12. The van der Waals surface area contributed by atoms with Crippen LogP contribution in [-0.2, 0) is 17.9 Å². The summed E-state index contributed by atoms with van der Waals surface area (Å²) >= 11 is 0. The molecule has 1 N–H and O–H groups in total. The van der Waals surface area contributed by atoms with Crippen LogP contribution in [0.15, 0.2) is 53.5 Å².